The first-order chi connectivity index (χ1) is 10.1. The fraction of sp³-hybridized carbons (Fsp3) is 0.400. The normalized spacial score (nSPS) is 24.1. The summed E-state index contributed by atoms with van der Waals surface area (Å²) in [5.41, 5.74) is 0.481. The third-order valence-electron chi connectivity index (χ3n) is 4.09. The highest BCUT2D eigenvalue weighted by Crippen LogP contribution is 2.31. The van der Waals surface area contributed by atoms with E-state index >= 15 is 0 Å². The average Bonchev–Trinajstić information content (AvgIpc) is 2.78. The minimum atomic E-state index is -0.577. The van der Waals surface area contributed by atoms with Crippen LogP contribution in [0.25, 0.3) is 0 Å². The molecule has 1 aromatic carbocycles. The van der Waals surface area contributed by atoms with Crippen LogP contribution in [0.4, 0.5) is 4.79 Å². The highest BCUT2D eigenvalue weighted by Gasteiger charge is 2.49. The van der Waals surface area contributed by atoms with Crippen LogP contribution in [0.5, 0.6) is 0 Å². The highest BCUT2D eigenvalue weighted by molar-refractivity contribution is 6.06. The Balaban J connectivity index is 1.85. The molecule has 0 radical (unpaired) electrons. The summed E-state index contributed by atoms with van der Waals surface area (Å²) in [5.74, 6) is -0.727. The number of nitrogens with zero attached hydrogens (tertiary/aromatic N) is 2. The number of benzene rings is 1. The molecule has 2 atom stereocenters. The molecule has 6 heteroatoms. The summed E-state index contributed by atoms with van der Waals surface area (Å²) in [6.07, 6.45) is 1.15. The summed E-state index contributed by atoms with van der Waals surface area (Å²) >= 11 is 0. The van der Waals surface area contributed by atoms with Gasteiger partial charge < -0.3 is 9.64 Å². The van der Waals surface area contributed by atoms with E-state index in [1.165, 1.54) is 16.9 Å². The summed E-state index contributed by atoms with van der Waals surface area (Å²) in [5, 5.41) is 0. The van der Waals surface area contributed by atoms with Gasteiger partial charge in [0.15, 0.2) is 0 Å². The van der Waals surface area contributed by atoms with Crippen LogP contribution >= 0.6 is 0 Å². The third kappa shape index (κ3) is 2.16. The Bertz CT molecular complexity index is 587. The Kier molecular flexibility index (Phi) is 3.37. The number of methoxy groups -OCH3 is 1. The molecular formula is C15H16N2O4. The molecule has 0 N–H and O–H groups in total. The first-order valence-corrected chi connectivity index (χ1v) is 6.90. The quantitative estimate of drug-likeness (QED) is 0.769. The SMILES string of the molecule is COC(=O)[C@H]1CC[C@H]2CN1C(=O)N2C(=O)c1ccccc1. The van der Waals surface area contributed by atoms with Gasteiger partial charge in [0.05, 0.1) is 13.2 Å². The van der Waals surface area contributed by atoms with Gasteiger partial charge in [-0.2, -0.15) is 0 Å². The number of esters is 1. The molecule has 0 unspecified atom stereocenters. The van der Waals surface area contributed by atoms with Gasteiger partial charge in [-0.15, -0.1) is 0 Å². The van der Waals surface area contributed by atoms with Gasteiger partial charge in [0.1, 0.15) is 6.04 Å². The zero-order valence-electron chi connectivity index (χ0n) is 11.7. The number of amides is 3. The average molecular weight is 288 g/mol. The van der Waals surface area contributed by atoms with Crippen LogP contribution in [0.15, 0.2) is 30.3 Å². The van der Waals surface area contributed by atoms with E-state index in [1.807, 2.05) is 6.07 Å². The molecule has 2 aliphatic heterocycles. The van der Waals surface area contributed by atoms with Crippen molar-refractivity contribution in [2.75, 3.05) is 13.7 Å². The second kappa shape index (κ2) is 5.20. The zero-order valence-corrected chi connectivity index (χ0v) is 11.7. The van der Waals surface area contributed by atoms with Crippen molar-refractivity contribution >= 4 is 17.9 Å². The van der Waals surface area contributed by atoms with E-state index in [-0.39, 0.29) is 11.9 Å². The molecule has 2 saturated heterocycles. The van der Waals surface area contributed by atoms with Gasteiger partial charge in [0.25, 0.3) is 5.91 Å². The van der Waals surface area contributed by atoms with Crippen LogP contribution < -0.4 is 0 Å². The van der Waals surface area contributed by atoms with Crippen LogP contribution in [-0.2, 0) is 9.53 Å². The van der Waals surface area contributed by atoms with Crippen molar-refractivity contribution in [3.8, 4) is 0 Å². The van der Waals surface area contributed by atoms with E-state index in [4.69, 9.17) is 4.74 Å². The van der Waals surface area contributed by atoms with Crippen LogP contribution in [0, 0.1) is 0 Å². The van der Waals surface area contributed by atoms with Gasteiger partial charge in [-0.3, -0.25) is 9.69 Å². The van der Waals surface area contributed by atoms with Gasteiger partial charge in [0, 0.05) is 12.1 Å². The summed E-state index contributed by atoms with van der Waals surface area (Å²) in [7, 11) is 1.31. The molecule has 0 aromatic heterocycles. The lowest BCUT2D eigenvalue weighted by atomic mass is 10.0. The standard InChI is InChI=1S/C15H16N2O4/c1-21-14(19)12-8-7-11-9-16(12)15(20)17(11)13(18)10-5-3-2-4-6-10/h2-6,11-12H,7-9H2,1H3/t11-,12+/m0/s1. The van der Waals surface area contributed by atoms with E-state index in [0.717, 1.165) is 0 Å². The first-order valence-electron chi connectivity index (χ1n) is 6.90. The Morgan fingerprint density at radius 1 is 1.19 bits per heavy atom. The summed E-state index contributed by atoms with van der Waals surface area (Å²) in [6.45, 7) is 0.400. The van der Waals surface area contributed by atoms with Gasteiger partial charge in [0.2, 0.25) is 0 Å². The smallest absolute Gasteiger partial charge is 0.328 e. The molecular weight excluding hydrogens is 272 g/mol. The van der Waals surface area contributed by atoms with Crippen molar-refractivity contribution in [3.05, 3.63) is 35.9 Å². The largest absolute Gasteiger partial charge is 0.467 e. The molecule has 21 heavy (non-hydrogen) atoms. The number of hydrogen-bond donors (Lipinski definition) is 0. The zero-order chi connectivity index (χ0) is 15.0. The van der Waals surface area contributed by atoms with Crippen LogP contribution in [0.2, 0.25) is 0 Å². The predicted molar refractivity (Wildman–Crippen MR) is 73.5 cm³/mol. The number of urea groups is 1. The van der Waals surface area contributed by atoms with E-state index in [9.17, 15) is 14.4 Å². The highest BCUT2D eigenvalue weighted by atomic mass is 16.5. The molecule has 3 rings (SSSR count). The number of fused-ring (bicyclic) bond motifs is 2. The Hall–Kier alpha value is -2.37. The van der Waals surface area contributed by atoms with Crippen molar-refractivity contribution in [3.63, 3.8) is 0 Å². The maximum absolute atomic E-state index is 12.5. The second-order valence-electron chi connectivity index (χ2n) is 5.25. The Morgan fingerprint density at radius 2 is 1.90 bits per heavy atom. The van der Waals surface area contributed by atoms with Crippen molar-refractivity contribution in [2.45, 2.75) is 24.9 Å². The maximum Gasteiger partial charge on any atom is 0.328 e. The molecule has 3 amide bonds. The summed E-state index contributed by atoms with van der Waals surface area (Å²) < 4.78 is 4.73. The van der Waals surface area contributed by atoms with E-state index in [2.05, 4.69) is 0 Å². The second-order valence-corrected chi connectivity index (χ2v) is 5.25. The number of imide groups is 1. The topological polar surface area (TPSA) is 66.9 Å². The number of hydrogen-bond acceptors (Lipinski definition) is 4. The molecule has 1 aromatic rings. The number of carbonyl (C=O) groups excluding carboxylic acids is 3. The first kappa shape index (κ1) is 13.6. The van der Waals surface area contributed by atoms with Gasteiger partial charge in [-0.1, -0.05) is 18.2 Å². The molecule has 0 saturated carbocycles. The molecule has 0 aliphatic carbocycles. The number of rotatable bonds is 2. The fourth-order valence-electron chi connectivity index (χ4n) is 3.02. The molecule has 2 fully saturated rings. The minimum Gasteiger partial charge on any atom is -0.467 e. The minimum absolute atomic E-state index is 0.161. The Labute approximate surface area is 122 Å². The molecule has 2 bridgehead atoms. The molecule has 0 spiro atoms. The molecule has 2 heterocycles. The van der Waals surface area contributed by atoms with Crippen LogP contribution in [-0.4, -0.2) is 53.4 Å². The number of carbonyl (C=O) groups is 3. The third-order valence-corrected chi connectivity index (χ3v) is 4.09. The van der Waals surface area contributed by atoms with Crippen molar-refractivity contribution in [2.24, 2.45) is 0 Å². The van der Waals surface area contributed by atoms with Crippen molar-refractivity contribution in [1.82, 2.24) is 9.80 Å². The van der Waals surface area contributed by atoms with Crippen LogP contribution in [0.3, 0.4) is 0 Å². The lowest BCUT2D eigenvalue weighted by Gasteiger charge is -2.28. The van der Waals surface area contributed by atoms with Crippen molar-refractivity contribution < 1.29 is 19.1 Å². The Morgan fingerprint density at radius 3 is 2.57 bits per heavy atom. The lowest BCUT2D eigenvalue weighted by Crippen LogP contribution is -2.45. The van der Waals surface area contributed by atoms with Gasteiger partial charge in [-0.25, -0.2) is 9.59 Å². The van der Waals surface area contributed by atoms with Crippen LogP contribution in [0.1, 0.15) is 23.2 Å². The fourth-order valence-corrected chi connectivity index (χ4v) is 3.02. The lowest BCUT2D eigenvalue weighted by molar-refractivity contribution is -0.146. The number of ether oxygens (including phenoxy) is 1. The van der Waals surface area contributed by atoms with E-state index in [1.54, 1.807) is 24.3 Å². The van der Waals surface area contributed by atoms with E-state index in [0.29, 0.717) is 24.9 Å². The summed E-state index contributed by atoms with van der Waals surface area (Å²) in [4.78, 5) is 39.4. The van der Waals surface area contributed by atoms with Gasteiger partial charge in [-0.05, 0) is 25.0 Å². The maximum atomic E-state index is 12.5. The predicted octanol–water partition coefficient (Wildman–Crippen LogP) is 1.27. The van der Waals surface area contributed by atoms with Crippen molar-refractivity contribution in [1.29, 1.82) is 0 Å². The summed E-state index contributed by atoms with van der Waals surface area (Å²) in [6, 6.07) is 7.57. The van der Waals surface area contributed by atoms with E-state index < -0.39 is 18.0 Å². The molecule has 6 nitrogen and oxygen atoms in total. The monoisotopic (exact) mass is 288 g/mol. The molecule has 2 aliphatic rings. The van der Waals surface area contributed by atoms with Gasteiger partial charge >= 0.3 is 12.0 Å². The number of piperidine rings is 1. The molecule has 110 valence electrons.